The first-order valence-electron chi connectivity index (χ1n) is 14.0. The molecule has 236 valence electrons. The highest BCUT2D eigenvalue weighted by Crippen LogP contribution is 2.68. The van der Waals surface area contributed by atoms with Crippen LogP contribution in [0, 0.1) is 0 Å². The van der Waals surface area contributed by atoms with Crippen LogP contribution in [-0.4, -0.2) is 128 Å². The lowest BCUT2D eigenvalue weighted by Gasteiger charge is -2.39. The molecule has 0 amide bonds. The number of fused-ring (bicyclic) bond motifs is 2. The van der Waals surface area contributed by atoms with Crippen molar-refractivity contribution in [1.29, 1.82) is 0 Å². The summed E-state index contributed by atoms with van der Waals surface area (Å²) < 4.78 is 46.8. The summed E-state index contributed by atoms with van der Waals surface area (Å²) >= 11 is 0. The Bertz CT molecular complexity index is 1450. The number of aliphatic hydroxyl groups excluding tert-OH is 1. The topological polar surface area (TPSA) is 214 Å². The van der Waals surface area contributed by atoms with E-state index in [0.717, 1.165) is 0 Å². The van der Waals surface area contributed by atoms with Crippen LogP contribution in [0.1, 0.15) is 38.6 Å². The summed E-state index contributed by atoms with van der Waals surface area (Å²) in [4.78, 5) is 37.8. The number of carbonyl (C=O) groups excluding carboxylic acids is 2. The number of carbonyl (C=O) groups is 2. The molecule has 4 N–H and O–H groups in total. The van der Waals surface area contributed by atoms with Gasteiger partial charge in [-0.15, -0.1) is 0 Å². The highest BCUT2D eigenvalue weighted by molar-refractivity contribution is 7.54. The first kappa shape index (κ1) is 30.1. The van der Waals surface area contributed by atoms with Gasteiger partial charge in [-0.25, -0.2) is 14.3 Å². The van der Waals surface area contributed by atoms with E-state index >= 15 is 0 Å². The molecule has 0 radical (unpaired) electrons. The maximum atomic E-state index is 14.8. The zero-order valence-corrected chi connectivity index (χ0v) is 25.2. The molecule has 5 unspecified atom stereocenters. The number of hydrogen-bond donors (Lipinski definition) is 3. The Hall–Kier alpha value is -2.92. The number of nitrogen functional groups attached to an aromatic ring is 1. The summed E-state index contributed by atoms with van der Waals surface area (Å²) in [7, 11) is -0.140. The second kappa shape index (κ2) is 10.6. The Morgan fingerprint density at radius 2 is 1.72 bits per heavy atom. The lowest BCUT2D eigenvalue weighted by molar-refractivity contribution is -0.145. The van der Waals surface area contributed by atoms with E-state index in [1.807, 2.05) is 0 Å². The van der Waals surface area contributed by atoms with Crippen LogP contribution in [0.4, 0.5) is 5.95 Å². The number of imidazole rings is 1. The van der Waals surface area contributed by atoms with E-state index in [2.05, 4.69) is 15.0 Å². The van der Waals surface area contributed by atoms with Crippen molar-refractivity contribution in [1.82, 2.24) is 28.9 Å². The molecule has 43 heavy (non-hydrogen) atoms. The average molecular weight is 626 g/mol. The molecular formula is C25H36N7O10P. The minimum atomic E-state index is -4.07. The molecule has 0 aromatic carbocycles. The molecule has 6 rings (SSSR count). The summed E-state index contributed by atoms with van der Waals surface area (Å²) in [6, 6.07) is -2.49. The monoisotopic (exact) mass is 625 g/mol. The fourth-order valence-electron chi connectivity index (χ4n) is 7.02. The van der Waals surface area contributed by atoms with Gasteiger partial charge in [-0.3, -0.25) is 14.2 Å². The second-order valence-electron chi connectivity index (χ2n) is 11.3. The number of ether oxygens (including phenoxy) is 4. The quantitative estimate of drug-likeness (QED) is 0.239. The third kappa shape index (κ3) is 4.28. The van der Waals surface area contributed by atoms with Crippen LogP contribution in [0.25, 0.3) is 11.2 Å². The number of nitrogens with two attached hydrogens (primary N) is 1. The minimum absolute atomic E-state index is 0.0584. The van der Waals surface area contributed by atoms with Gasteiger partial charge < -0.3 is 44.0 Å². The summed E-state index contributed by atoms with van der Waals surface area (Å²) in [5.74, 6) is -1.03. The third-order valence-corrected chi connectivity index (χ3v) is 11.9. The minimum Gasteiger partial charge on any atom is -0.479 e. The van der Waals surface area contributed by atoms with Crippen molar-refractivity contribution in [2.75, 3.05) is 46.8 Å². The molecule has 0 spiro atoms. The Labute approximate surface area is 246 Å². The van der Waals surface area contributed by atoms with E-state index in [-0.39, 0.29) is 30.6 Å². The largest absolute Gasteiger partial charge is 0.479 e. The van der Waals surface area contributed by atoms with Crippen molar-refractivity contribution in [3.8, 4) is 5.88 Å². The summed E-state index contributed by atoms with van der Waals surface area (Å²) in [6.07, 6.45) is 0.783. The zero-order chi connectivity index (χ0) is 30.9. The first-order chi connectivity index (χ1) is 20.5. The molecule has 0 bridgehead atoms. The number of hydrogen-bond acceptors (Lipinski definition) is 14. The van der Waals surface area contributed by atoms with E-state index < -0.39 is 67.8 Å². The maximum Gasteiger partial charge on any atom is 0.347 e. The lowest BCUT2D eigenvalue weighted by atomic mass is 10.1. The van der Waals surface area contributed by atoms with Gasteiger partial charge in [0.1, 0.15) is 41.5 Å². The van der Waals surface area contributed by atoms with Crippen LogP contribution in [0.5, 0.6) is 5.88 Å². The molecule has 7 atom stereocenters. The van der Waals surface area contributed by atoms with Crippen LogP contribution in [-0.2, 0) is 32.9 Å². The van der Waals surface area contributed by atoms with Gasteiger partial charge in [0, 0.05) is 13.1 Å². The molecular weight excluding hydrogens is 589 g/mol. The predicted molar refractivity (Wildman–Crippen MR) is 147 cm³/mol. The number of rotatable bonds is 9. The van der Waals surface area contributed by atoms with E-state index in [4.69, 9.17) is 29.2 Å². The molecule has 3 aliphatic heterocycles. The molecule has 4 fully saturated rings. The van der Waals surface area contributed by atoms with Crippen LogP contribution in [0.3, 0.4) is 0 Å². The van der Waals surface area contributed by atoms with Gasteiger partial charge in [-0.2, -0.15) is 9.97 Å². The maximum absolute atomic E-state index is 14.8. The Kier molecular flexibility index (Phi) is 7.43. The van der Waals surface area contributed by atoms with Crippen molar-refractivity contribution in [2.24, 2.45) is 0 Å². The fraction of sp³-hybridized carbons (Fsp3) is 0.720. The number of methoxy groups -OCH3 is 3. The Balaban J connectivity index is 1.26. The van der Waals surface area contributed by atoms with Crippen molar-refractivity contribution in [3.05, 3.63) is 6.33 Å². The molecule has 1 aliphatic carbocycles. The van der Waals surface area contributed by atoms with Gasteiger partial charge in [-0.1, -0.05) is 0 Å². The summed E-state index contributed by atoms with van der Waals surface area (Å²) in [5, 5.41) is 23.1. The van der Waals surface area contributed by atoms with E-state index in [9.17, 15) is 24.4 Å². The van der Waals surface area contributed by atoms with Crippen LogP contribution < -0.4 is 10.5 Å². The Morgan fingerprint density at radius 1 is 1.12 bits per heavy atom. The zero-order valence-electron chi connectivity index (χ0n) is 24.3. The SMILES string of the molecule is COC(=O)C1CCCN1P(=O)(OC[C@H]1OC2(C)[C@@H](n3cnc4c(OC)nc(N)nc43)C2(O)C1O)N1CCCC1C(=O)OC. The van der Waals surface area contributed by atoms with Crippen molar-refractivity contribution in [2.45, 2.75) is 74.1 Å². The molecule has 1 saturated carbocycles. The van der Waals surface area contributed by atoms with Gasteiger partial charge in [0.2, 0.25) is 11.8 Å². The van der Waals surface area contributed by atoms with Gasteiger partial charge in [0.05, 0.1) is 34.3 Å². The number of esters is 2. The fourth-order valence-corrected chi connectivity index (χ4v) is 9.87. The molecule has 3 saturated heterocycles. The van der Waals surface area contributed by atoms with Crippen molar-refractivity contribution in [3.63, 3.8) is 0 Å². The molecule has 2 aromatic rings. The van der Waals surface area contributed by atoms with Crippen LogP contribution >= 0.6 is 7.67 Å². The molecule has 18 heteroatoms. The van der Waals surface area contributed by atoms with Crippen molar-refractivity contribution >= 4 is 36.7 Å². The second-order valence-corrected chi connectivity index (χ2v) is 13.6. The number of aromatic nitrogens is 4. The number of nitrogens with zero attached hydrogens (tertiary/aromatic N) is 6. The van der Waals surface area contributed by atoms with Gasteiger partial charge in [0.25, 0.3) is 0 Å². The van der Waals surface area contributed by atoms with Crippen molar-refractivity contribution < 1.29 is 47.8 Å². The molecule has 17 nitrogen and oxygen atoms in total. The van der Waals surface area contributed by atoms with E-state index in [1.165, 1.54) is 37.0 Å². The lowest BCUT2D eigenvalue weighted by Crippen LogP contribution is -2.45. The highest BCUT2D eigenvalue weighted by Gasteiger charge is 2.85. The average Bonchev–Trinajstić information content (AvgIpc) is 3.66. The Morgan fingerprint density at radius 3 is 2.23 bits per heavy atom. The van der Waals surface area contributed by atoms with Crippen LogP contribution in [0.2, 0.25) is 0 Å². The normalized spacial score (nSPS) is 35.5. The molecule has 4 aliphatic rings. The highest BCUT2D eigenvalue weighted by atomic mass is 31.2. The summed E-state index contributed by atoms with van der Waals surface area (Å²) in [6.45, 7) is 1.77. The summed E-state index contributed by atoms with van der Waals surface area (Å²) in [5.41, 5.74) is 3.37. The van der Waals surface area contributed by atoms with Gasteiger partial charge in [0.15, 0.2) is 11.2 Å². The smallest absolute Gasteiger partial charge is 0.347 e. The third-order valence-electron chi connectivity index (χ3n) is 9.18. The molecule has 5 heterocycles. The number of anilines is 1. The first-order valence-corrected chi connectivity index (χ1v) is 15.6. The predicted octanol–water partition coefficient (Wildman–Crippen LogP) is -0.379. The van der Waals surface area contributed by atoms with E-state index in [1.54, 1.807) is 11.5 Å². The van der Waals surface area contributed by atoms with Gasteiger partial charge >= 0.3 is 19.6 Å². The number of aliphatic hydroxyl groups is 2. The standard InChI is InChI=1S/C25H36N7O10P/c1-24-22(30-12-27-16-18(30)28-23(26)29-19(16)38-2)25(24,36)17(33)15(42-24)11-41-43(37,31-9-5-7-13(31)20(34)39-3)32-10-6-8-14(32)21(35)40-4/h12-15,17,22,33,36H,5-11H2,1-4H3,(H2,26,28,29)/t13?,14?,15-,17?,22-,24?,25?,43?/m1/s1. The van der Waals surface area contributed by atoms with Gasteiger partial charge in [-0.05, 0) is 32.6 Å². The van der Waals surface area contributed by atoms with Crippen LogP contribution in [0.15, 0.2) is 6.33 Å². The van der Waals surface area contributed by atoms with E-state index in [0.29, 0.717) is 31.2 Å². The molecule has 2 aromatic heterocycles.